The third kappa shape index (κ3) is 5.99. The second kappa shape index (κ2) is 7.81. The molecule has 20 heavy (non-hydrogen) atoms. The van der Waals surface area contributed by atoms with Gasteiger partial charge in [0, 0.05) is 25.0 Å². The van der Waals surface area contributed by atoms with Gasteiger partial charge in [-0.25, -0.2) is 9.59 Å². The van der Waals surface area contributed by atoms with E-state index in [1.807, 2.05) is 0 Å². The lowest BCUT2D eigenvalue weighted by Crippen LogP contribution is -2.29. The highest BCUT2D eigenvalue weighted by Crippen LogP contribution is 2.09. The smallest absolute Gasteiger partial charge is 0.330 e. The molecule has 2 N–H and O–H groups in total. The summed E-state index contributed by atoms with van der Waals surface area (Å²) in [6.07, 6.45) is 2.20. The monoisotopic (exact) mass is 284 g/mol. The van der Waals surface area contributed by atoms with Crippen LogP contribution in [0.2, 0.25) is 0 Å². The number of esters is 2. The molecule has 112 valence electrons. The third-order valence-electron chi connectivity index (χ3n) is 2.75. The lowest BCUT2D eigenvalue weighted by Gasteiger charge is -2.19. The number of cyclic esters (lactones) is 2. The molecule has 6 heteroatoms. The van der Waals surface area contributed by atoms with Gasteiger partial charge in [-0.1, -0.05) is 6.08 Å². The molecule has 0 spiro atoms. The minimum Gasteiger partial charge on any atom is -0.459 e. The van der Waals surface area contributed by atoms with E-state index < -0.39 is 36.4 Å². The highest BCUT2D eigenvalue weighted by Gasteiger charge is 2.19. The molecule has 1 aliphatic rings. The predicted octanol–water partition coefficient (Wildman–Crippen LogP) is 0.478. The van der Waals surface area contributed by atoms with Crippen LogP contribution in [-0.2, 0) is 19.1 Å². The quantitative estimate of drug-likeness (QED) is 0.628. The van der Waals surface area contributed by atoms with Gasteiger partial charge in [-0.05, 0) is 19.9 Å². The molecule has 0 aromatic heterocycles. The van der Waals surface area contributed by atoms with Crippen molar-refractivity contribution in [1.82, 2.24) is 0 Å². The van der Waals surface area contributed by atoms with Gasteiger partial charge in [0.25, 0.3) is 0 Å². The van der Waals surface area contributed by atoms with Crippen molar-refractivity contribution in [2.24, 2.45) is 0 Å². The van der Waals surface area contributed by atoms with Crippen LogP contribution in [0, 0.1) is 0 Å². The van der Waals surface area contributed by atoms with Crippen molar-refractivity contribution in [1.29, 1.82) is 0 Å². The van der Waals surface area contributed by atoms with Crippen LogP contribution in [0.4, 0.5) is 0 Å². The normalized spacial score (nSPS) is 36.4. The molecule has 0 saturated heterocycles. The minimum absolute atomic E-state index is 0.0660. The zero-order valence-electron chi connectivity index (χ0n) is 11.6. The van der Waals surface area contributed by atoms with Gasteiger partial charge in [-0.3, -0.25) is 0 Å². The number of hydrogen-bond acceptors (Lipinski definition) is 6. The SMILES string of the molecule is C[C@@H]1C/C=C\C(=O)O[C@H](C)C[C@@H](O)[C@H](O)/C=C\C(=O)O1. The molecule has 0 bridgehead atoms. The number of carbonyl (C=O) groups is 2. The molecule has 1 heterocycles. The van der Waals surface area contributed by atoms with E-state index in [2.05, 4.69) is 0 Å². The van der Waals surface area contributed by atoms with Crippen molar-refractivity contribution in [3.05, 3.63) is 24.3 Å². The van der Waals surface area contributed by atoms with Crippen molar-refractivity contribution in [3.8, 4) is 0 Å². The van der Waals surface area contributed by atoms with Crippen LogP contribution >= 0.6 is 0 Å². The highest BCUT2D eigenvalue weighted by atomic mass is 16.5. The first-order valence-electron chi connectivity index (χ1n) is 6.50. The Hall–Kier alpha value is -1.66. The van der Waals surface area contributed by atoms with E-state index >= 15 is 0 Å². The molecule has 1 aliphatic heterocycles. The lowest BCUT2D eigenvalue weighted by molar-refractivity contribution is -0.144. The van der Waals surface area contributed by atoms with Crippen LogP contribution in [0.15, 0.2) is 24.3 Å². The molecule has 6 nitrogen and oxygen atoms in total. The molecular formula is C14H20O6. The standard InChI is InChI=1S/C14H20O6/c1-9-4-3-5-13(17)20-10(2)8-12(16)11(15)6-7-14(18)19-9/h3,5-7,9-12,15-16H,4,8H2,1-2H3/b5-3-,7-6-/t9-,10-,11-,12-/m1/s1. The van der Waals surface area contributed by atoms with Gasteiger partial charge in [0.15, 0.2) is 0 Å². The Morgan fingerprint density at radius 3 is 2.35 bits per heavy atom. The number of aliphatic hydroxyl groups excluding tert-OH is 2. The first-order chi connectivity index (χ1) is 9.38. The highest BCUT2D eigenvalue weighted by molar-refractivity contribution is 5.82. The summed E-state index contributed by atoms with van der Waals surface area (Å²) >= 11 is 0. The second-order valence-corrected chi connectivity index (χ2v) is 4.79. The van der Waals surface area contributed by atoms with E-state index in [0.717, 1.165) is 12.2 Å². The van der Waals surface area contributed by atoms with E-state index in [1.165, 1.54) is 6.08 Å². The fourth-order valence-electron chi connectivity index (χ4n) is 1.71. The van der Waals surface area contributed by atoms with Gasteiger partial charge in [-0.15, -0.1) is 0 Å². The largest absolute Gasteiger partial charge is 0.459 e. The van der Waals surface area contributed by atoms with Gasteiger partial charge in [0.05, 0.1) is 12.2 Å². The Morgan fingerprint density at radius 1 is 1.05 bits per heavy atom. The maximum absolute atomic E-state index is 11.4. The maximum Gasteiger partial charge on any atom is 0.330 e. The topological polar surface area (TPSA) is 93.1 Å². The van der Waals surface area contributed by atoms with E-state index in [0.29, 0.717) is 6.42 Å². The van der Waals surface area contributed by atoms with E-state index in [4.69, 9.17) is 9.47 Å². The van der Waals surface area contributed by atoms with Gasteiger partial charge in [-0.2, -0.15) is 0 Å². The van der Waals surface area contributed by atoms with Crippen LogP contribution in [0.1, 0.15) is 26.7 Å². The zero-order chi connectivity index (χ0) is 15.1. The molecule has 0 aromatic carbocycles. The number of carbonyl (C=O) groups excluding carboxylic acids is 2. The lowest BCUT2D eigenvalue weighted by atomic mass is 10.1. The zero-order valence-corrected chi connectivity index (χ0v) is 11.6. The maximum atomic E-state index is 11.4. The molecule has 0 radical (unpaired) electrons. The Bertz CT molecular complexity index is 400. The van der Waals surface area contributed by atoms with E-state index in [-0.39, 0.29) is 6.42 Å². The molecule has 1 rings (SSSR count). The van der Waals surface area contributed by atoms with Crippen LogP contribution in [-0.4, -0.2) is 46.6 Å². The first-order valence-corrected chi connectivity index (χ1v) is 6.50. The Labute approximate surface area is 117 Å². The first kappa shape index (κ1) is 16.4. The van der Waals surface area contributed by atoms with Crippen molar-refractivity contribution in [3.63, 3.8) is 0 Å². The van der Waals surface area contributed by atoms with Crippen LogP contribution in [0.5, 0.6) is 0 Å². The summed E-state index contributed by atoms with van der Waals surface area (Å²) in [5.74, 6) is -1.14. The summed E-state index contributed by atoms with van der Waals surface area (Å²) in [6.45, 7) is 3.30. The van der Waals surface area contributed by atoms with Crippen LogP contribution in [0.25, 0.3) is 0 Å². The molecule has 0 aromatic rings. The summed E-state index contributed by atoms with van der Waals surface area (Å²) in [4.78, 5) is 22.9. The molecular weight excluding hydrogens is 264 g/mol. The van der Waals surface area contributed by atoms with Gasteiger partial charge in [0.2, 0.25) is 0 Å². The molecule has 4 atom stereocenters. The molecule has 0 amide bonds. The van der Waals surface area contributed by atoms with E-state index in [9.17, 15) is 19.8 Å². The summed E-state index contributed by atoms with van der Waals surface area (Å²) in [5.41, 5.74) is 0. The second-order valence-electron chi connectivity index (χ2n) is 4.79. The Morgan fingerprint density at radius 2 is 1.65 bits per heavy atom. The average Bonchev–Trinajstić information content (AvgIpc) is 2.34. The number of rotatable bonds is 0. The van der Waals surface area contributed by atoms with Crippen LogP contribution < -0.4 is 0 Å². The van der Waals surface area contributed by atoms with Crippen molar-refractivity contribution >= 4 is 11.9 Å². The average molecular weight is 284 g/mol. The minimum atomic E-state index is -1.22. The van der Waals surface area contributed by atoms with Crippen LogP contribution in [0.3, 0.4) is 0 Å². The Balaban J connectivity index is 2.79. The molecule has 0 aliphatic carbocycles. The number of ether oxygens (including phenoxy) is 2. The van der Waals surface area contributed by atoms with Crippen molar-refractivity contribution in [2.45, 2.75) is 51.1 Å². The van der Waals surface area contributed by atoms with Gasteiger partial charge >= 0.3 is 11.9 Å². The van der Waals surface area contributed by atoms with E-state index in [1.54, 1.807) is 19.9 Å². The summed E-state index contributed by atoms with van der Waals surface area (Å²) in [5, 5.41) is 19.4. The number of hydrogen-bond donors (Lipinski definition) is 2. The summed E-state index contributed by atoms with van der Waals surface area (Å²) in [6, 6.07) is 0. The third-order valence-corrected chi connectivity index (χ3v) is 2.75. The van der Waals surface area contributed by atoms with Gasteiger partial charge in [0.1, 0.15) is 12.2 Å². The summed E-state index contributed by atoms with van der Waals surface area (Å²) < 4.78 is 10.1. The molecule has 0 saturated carbocycles. The fraction of sp³-hybridized carbons (Fsp3) is 0.571. The Kier molecular flexibility index (Phi) is 6.41. The van der Waals surface area contributed by atoms with Gasteiger partial charge < -0.3 is 19.7 Å². The fourth-order valence-corrected chi connectivity index (χ4v) is 1.71. The predicted molar refractivity (Wildman–Crippen MR) is 70.6 cm³/mol. The molecule has 0 fully saturated rings. The number of aliphatic hydroxyl groups is 2. The summed E-state index contributed by atoms with van der Waals surface area (Å²) in [7, 11) is 0. The molecule has 0 unspecified atom stereocenters. The van der Waals surface area contributed by atoms with Crippen molar-refractivity contribution < 1.29 is 29.3 Å². The van der Waals surface area contributed by atoms with Crippen molar-refractivity contribution in [2.75, 3.05) is 0 Å².